The Kier molecular flexibility index (Phi) is 11.3. The van der Waals surface area contributed by atoms with E-state index in [0.717, 1.165) is 45.5 Å². The SMILES string of the molecule is C=C(C)\C=C(C(=C\C)/C=C(\C=O)c1cc(Nc2n[nH]c(-c3ccccc3)n2)ccc1C)\N(C)C.CCC. The number of aldehydes is 1. The molecule has 0 saturated heterocycles. The van der Waals surface area contributed by atoms with Crippen LogP contribution in [0, 0.1) is 6.92 Å². The summed E-state index contributed by atoms with van der Waals surface area (Å²) in [5.74, 6) is 1.14. The van der Waals surface area contributed by atoms with E-state index in [0.29, 0.717) is 17.3 Å². The van der Waals surface area contributed by atoms with Crippen molar-refractivity contribution >= 4 is 23.5 Å². The minimum absolute atomic E-state index is 0.457. The highest BCUT2D eigenvalue weighted by molar-refractivity contribution is 6.08. The maximum absolute atomic E-state index is 12.2. The Morgan fingerprint density at radius 3 is 2.35 bits per heavy atom. The van der Waals surface area contributed by atoms with Crippen LogP contribution in [0.15, 0.2) is 90.2 Å². The summed E-state index contributed by atoms with van der Waals surface area (Å²) in [6.45, 7) is 14.1. The highest BCUT2D eigenvalue weighted by atomic mass is 16.1. The van der Waals surface area contributed by atoms with Crippen LogP contribution in [0.2, 0.25) is 0 Å². The summed E-state index contributed by atoms with van der Waals surface area (Å²) in [6.07, 6.45) is 8.05. The molecule has 6 nitrogen and oxygen atoms in total. The molecule has 2 aromatic carbocycles. The van der Waals surface area contributed by atoms with Crippen LogP contribution in [0.1, 0.15) is 45.2 Å². The Morgan fingerprint density at radius 1 is 1.11 bits per heavy atom. The highest BCUT2D eigenvalue weighted by Gasteiger charge is 2.12. The zero-order valence-corrected chi connectivity index (χ0v) is 23.1. The van der Waals surface area contributed by atoms with E-state index in [9.17, 15) is 4.79 Å². The molecule has 0 aliphatic rings. The highest BCUT2D eigenvalue weighted by Crippen LogP contribution is 2.27. The molecule has 2 N–H and O–H groups in total. The van der Waals surface area contributed by atoms with E-state index in [1.165, 1.54) is 6.42 Å². The summed E-state index contributed by atoms with van der Waals surface area (Å²) in [5, 5.41) is 10.5. The number of carbonyl (C=O) groups excluding carboxylic acids is 1. The minimum Gasteiger partial charge on any atom is -0.377 e. The number of hydrogen-bond donors (Lipinski definition) is 2. The van der Waals surface area contributed by atoms with Crippen molar-refractivity contribution in [2.45, 2.75) is 41.0 Å². The standard InChI is InChI=1S/C28H31N5O.C3H8/c1-7-21(26(33(5)6)15-19(2)3)16-23(18-34)25-17-24(14-13-20(25)4)29-28-30-27(31-32-28)22-11-9-8-10-12-22;1-3-2/h7-18H,2H2,1,3-6H3,(H2,29,30,31,32);3H2,1-2H3/b21-7-,23-16+,26-15+;. The molecule has 6 heteroatoms. The molecule has 0 spiro atoms. The molecule has 37 heavy (non-hydrogen) atoms. The van der Waals surface area contributed by atoms with Gasteiger partial charge < -0.3 is 10.2 Å². The largest absolute Gasteiger partial charge is 0.377 e. The minimum atomic E-state index is 0.457. The topological polar surface area (TPSA) is 73.9 Å². The smallest absolute Gasteiger partial charge is 0.246 e. The molecule has 0 aliphatic carbocycles. The van der Waals surface area contributed by atoms with Crippen LogP contribution in [-0.4, -0.2) is 40.5 Å². The molecule has 0 saturated carbocycles. The molecule has 3 rings (SSSR count). The fourth-order valence-corrected chi connectivity index (χ4v) is 3.53. The monoisotopic (exact) mass is 497 g/mol. The number of likely N-dealkylation sites (N-methyl/N-ethyl adjacent to an activating group) is 1. The second-order valence-corrected chi connectivity index (χ2v) is 8.97. The number of aromatic nitrogens is 3. The number of aryl methyl sites for hydroxylation is 1. The van der Waals surface area contributed by atoms with Gasteiger partial charge in [-0.15, -0.1) is 5.10 Å². The molecular weight excluding hydrogens is 458 g/mol. The average Bonchev–Trinajstić information content (AvgIpc) is 3.34. The van der Waals surface area contributed by atoms with Gasteiger partial charge in [-0.3, -0.25) is 9.89 Å². The number of carbonyl (C=O) groups is 1. The van der Waals surface area contributed by atoms with Crippen LogP contribution >= 0.6 is 0 Å². The molecule has 0 unspecified atom stereocenters. The third kappa shape index (κ3) is 8.46. The third-order valence-electron chi connectivity index (χ3n) is 5.25. The lowest BCUT2D eigenvalue weighted by atomic mass is 9.97. The number of benzene rings is 2. The van der Waals surface area contributed by atoms with E-state index in [2.05, 4.69) is 40.9 Å². The Balaban J connectivity index is 0.00000153. The molecule has 194 valence electrons. The van der Waals surface area contributed by atoms with E-state index < -0.39 is 0 Å². The lowest BCUT2D eigenvalue weighted by Crippen LogP contribution is -2.13. The molecule has 1 aromatic heterocycles. The Labute approximate surface area is 221 Å². The predicted octanol–water partition coefficient (Wildman–Crippen LogP) is 7.49. The predicted molar refractivity (Wildman–Crippen MR) is 157 cm³/mol. The summed E-state index contributed by atoms with van der Waals surface area (Å²) in [5.41, 5.74) is 7.03. The first kappa shape index (κ1) is 29.0. The third-order valence-corrected chi connectivity index (χ3v) is 5.25. The van der Waals surface area contributed by atoms with Crippen molar-refractivity contribution in [1.82, 2.24) is 20.1 Å². The molecule has 0 radical (unpaired) electrons. The normalized spacial score (nSPS) is 11.9. The van der Waals surface area contributed by atoms with Crippen molar-refractivity contribution in [3.05, 3.63) is 101 Å². The van der Waals surface area contributed by atoms with Gasteiger partial charge in [-0.1, -0.05) is 74.9 Å². The van der Waals surface area contributed by atoms with Gasteiger partial charge in [0.25, 0.3) is 0 Å². The molecular formula is C31H39N5O. The fourth-order valence-electron chi connectivity index (χ4n) is 3.53. The van der Waals surface area contributed by atoms with Crippen LogP contribution in [0.3, 0.4) is 0 Å². The zero-order chi connectivity index (χ0) is 27.4. The number of hydrogen-bond acceptors (Lipinski definition) is 5. The first-order valence-corrected chi connectivity index (χ1v) is 12.5. The van der Waals surface area contributed by atoms with Gasteiger partial charge >= 0.3 is 0 Å². The number of allylic oxidation sites excluding steroid dienone is 5. The van der Waals surface area contributed by atoms with E-state index in [4.69, 9.17) is 0 Å². The van der Waals surface area contributed by atoms with Gasteiger partial charge in [0, 0.05) is 36.6 Å². The number of rotatable bonds is 9. The van der Waals surface area contributed by atoms with Crippen molar-refractivity contribution in [2.75, 3.05) is 19.4 Å². The second-order valence-electron chi connectivity index (χ2n) is 8.97. The lowest BCUT2D eigenvalue weighted by molar-refractivity contribution is -0.103. The Bertz CT molecular complexity index is 1280. The molecule has 0 amide bonds. The van der Waals surface area contributed by atoms with E-state index >= 15 is 0 Å². The van der Waals surface area contributed by atoms with Crippen molar-refractivity contribution in [1.29, 1.82) is 0 Å². The van der Waals surface area contributed by atoms with Crippen LogP contribution in [0.25, 0.3) is 17.0 Å². The number of nitrogens with zero attached hydrogens (tertiary/aromatic N) is 3. The fraction of sp³-hybridized carbons (Fsp3) is 0.258. The van der Waals surface area contributed by atoms with Gasteiger partial charge in [0.15, 0.2) is 12.1 Å². The number of nitrogens with one attached hydrogen (secondary N) is 2. The van der Waals surface area contributed by atoms with Gasteiger partial charge in [0.05, 0.1) is 0 Å². The van der Waals surface area contributed by atoms with Crippen molar-refractivity contribution in [3.8, 4) is 11.4 Å². The van der Waals surface area contributed by atoms with Gasteiger partial charge in [0.1, 0.15) is 0 Å². The molecule has 0 atom stereocenters. The molecule has 3 aromatic rings. The Hall–Kier alpha value is -4.19. The van der Waals surface area contributed by atoms with E-state index in [1.807, 2.05) is 107 Å². The molecule has 0 fully saturated rings. The van der Waals surface area contributed by atoms with E-state index in [1.54, 1.807) is 0 Å². The van der Waals surface area contributed by atoms with E-state index in [-0.39, 0.29) is 0 Å². The molecule has 0 bridgehead atoms. The average molecular weight is 498 g/mol. The molecule has 0 aliphatic heterocycles. The van der Waals surface area contributed by atoms with Crippen molar-refractivity contribution in [3.63, 3.8) is 0 Å². The summed E-state index contributed by atoms with van der Waals surface area (Å²) in [6, 6.07) is 15.7. The zero-order valence-electron chi connectivity index (χ0n) is 23.1. The van der Waals surface area contributed by atoms with Crippen molar-refractivity contribution < 1.29 is 4.79 Å². The van der Waals surface area contributed by atoms with Gasteiger partial charge in [0.2, 0.25) is 5.95 Å². The summed E-state index contributed by atoms with van der Waals surface area (Å²) < 4.78 is 0. The first-order valence-electron chi connectivity index (χ1n) is 12.5. The van der Waals surface area contributed by atoms with Crippen molar-refractivity contribution in [2.24, 2.45) is 0 Å². The van der Waals surface area contributed by atoms with Crippen LogP contribution in [0.5, 0.6) is 0 Å². The summed E-state index contributed by atoms with van der Waals surface area (Å²) in [7, 11) is 3.95. The second kappa shape index (κ2) is 14.4. The summed E-state index contributed by atoms with van der Waals surface area (Å²) >= 11 is 0. The maximum atomic E-state index is 12.2. The van der Waals surface area contributed by atoms with Crippen LogP contribution in [-0.2, 0) is 4.79 Å². The number of aromatic amines is 1. The van der Waals surface area contributed by atoms with Gasteiger partial charge in [-0.2, -0.15) is 4.98 Å². The van der Waals surface area contributed by atoms with Gasteiger partial charge in [-0.25, -0.2) is 0 Å². The number of H-pyrrole nitrogens is 1. The Morgan fingerprint density at radius 2 is 1.78 bits per heavy atom. The van der Waals surface area contributed by atoms with Gasteiger partial charge in [-0.05, 0) is 61.8 Å². The van der Waals surface area contributed by atoms with Crippen LogP contribution in [0.4, 0.5) is 11.6 Å². The number of anilines is 2. The molecule has 1 heterocycles. The first-order chi connectivity index (χ1) is 17.7. The maximum Gasteiger partial charge on any atom is 0.246 e. The summed E-state index contributed by atoms with van der Waals surface area (Å²) in [4.78, 5) is 18.7. The lowest BCUT2D eigenvalue weighted by Gasteiger charge is -2.19. The van der Waals surface area contributed by atoms with Crippen LogP contribution < -0.4 is 5.32 Å². The quantitative estimate of drug-likeness (QED) is 0.182.